The van der Waals surface area contributed by atoms with Gasteiger partial charge in [-0.2, -0.15) is 0 Å². The number of carbonyl (C=O) groups excluding carboxylic acids is 1. The molecule has 5 nitrogen and oxygen atoms in total. The molecule has 1 aliphatic carbocycles. The van der Waals surface area contributed by atoms with Gasteiger partial charge in [-0.05, 0) is 55.7 Å². The maximum absolute atomic E-state index is 13.3. The third-order valence-electron chi connectivity index (χ3n) is 4.78. The number of carbonyl (C=O) groups is 1. The zero-order valence-corrected chi connectivity index (χ0v) is 16.0. The van der Waals surface area contributed by atoms with E-state index >= 15 is 0 Å². The van der Waals surface area contributed by atoms with Crippen molar-refractivity contribution in [1.82, 2.24) is 5.32 Å². The first kappa shape index (κ1) is 19.4. The van der Waals surface area contributed by atoms with E-state index in [1.165, 1.54) is 36.8 Å². The van der Waals surface area contributed by atoms with Crippen molar-refractivity contribution in [1.29, 1.82) is 0 Å². The summed E-state index contributed by atoms with van der Waals surface area (Å²) >= 11 is 0. The zero-order chi connectivity index (χ0) is 19.4. The number of halogens is 1. The Hall–Kier alpha value is -2.41. The Morgan fingerprint density at radius 1 is 1.07 bits per heavy atom. The van der Waals surface area contributed by atoms with Crippen LogP contribution in [0.3, 0.4) is 0 Å². The van der Waals surface area contributed by atoms with Crippen LogP contribution in [0.2, 0.25) is 0 Å². The third-order valence-corrected chi connectivity index (χ3v) is 6.16. The van der Waals surface area contributed by atoms with Crippen molar-refractivity contribution in [3.05, 3.63) is 59.4 Å². The number of rotatable bonds is 5. The van der Waals surface area contributed by atoms with Gasteiger partial charge in [-0.1, -0.05) is 31.4 Å². The van der Waals surface area contributed by atoms with Crippen molar-refractivity contribution in [2.45, 2.75) is 50.0 Å². The molecular formula is C20H23FN2O3S. The molecule has 2 aromatic carbocycles. The molecule has 1 fully saturated rings. The Kier molecular flexibility index (Phi) is 5.79. The van der Waals surface area contributed by atoms with Crippen molar-refractivity contribution in [2.24, 2.45) is 0 Å². The molecule has 0 heterocycles. The van der Waals surface area contributed by atoms with E-state index in [0.29, 0.717) is 11.1 Å². The molecule has 27 heavy (non-hydrogen) atoms. The predicted molar refractivity (Wildman–Crippen MR) is 103 cm³/mol. The Morgan fingerprint density at radius 3 is 2.52 bits per heavy atom. The summed E-state index contributed by atoms with van der Waals surface area (Å²) in [7, 11) is -3.93. The van der Waals surface area contributed by atoms with Gasteiger partial charge in [0.25, 0.3) is 15.9 Å². The first-order valence-electron chi connectivity index (χ1n) is 9.05. The van der Waals surface area contributed by atoms with Gasteiger partial charge in [-0.15, -0.1) is 0 Å². The van der Waals surface area contributed by atoms with Crippen LogP contribution in [0, 0.1) is 12.7 Å². The monoisotopic (exact) mass is 390 g/mol. The fourth-order valence-corrected chi connectivity index (χ4v) is 4.36. The maximum Gasteiger partial charge on any atom is 0.261 e. The molecule has 144 valence electrons. The van der Waals surface area contributed by atoms with E-state index in [1.807, 2.05) is 0 Å². The van der Waals surface area contributed by atoms with Crippen molar-refractivity contribution >= 4 is 21.6 Å². The largest absolute Gasteiger partial charge is 0.349 e. The molecule has 0 saturated heterocycles. The van der Waals surface area contributed by atoms with Crippen molar-refractivity contribution in [3.8, 4) is 0 Å². The van der Waals surface area contributed by atoms with E-state index in [1.54, 1.807) is 13.0 Å². The summed E-state index contributed by atoms with van der Waals surface area (Å²) in [5, 5.41) is 3.01. The van der Waals surface area contributed by atoms with Crippen molar-refractivity contribution < 1.29 is 17.6 Å². The molecule has 3 rings (SSSR count). The van der Waals surface area contributed by atoms with Gasteiger partial charge in [0.15, 0.2) is 0 Å². The molecule has 1 aliphatic rings. The van der Waals surface area contributed by atoms with E-state index in [2.05, 4.69) is 10.0 Å². The number of amides is 1. The van der Waals surface area contributed by atoms with Crippen LogP contribution >= 0.6 is 0 Å². The lowest BCUT2D eigenvalue weighted by atomic mass is 9.95. The van der Waals surface area contributed by atoms with Gasteiger partial charge >= 0.3 is 0 Å². The molecule has 1 amide bonds. The van der Waals surface area contributed by atoms with Gasteiger partial charge in [0, 0.05) is 11.6 Å². The summed E-state index contributed by atoms with van der Waals surface area (Å²) in [6.07, 6.45) is 5.27. The second kappa shape index (κ2) is 8.08. The van der Waals surface area contributed by atoms with E-state index in [-0.39, 0.29) is 22.5 Å². The maximum atomic E-state index is 13.3. The van der Waals surface area contributed by atoms with Crippen LogP contribution in [0.1, 0.15) is 48.0 Å². The zero-order valence-electron chi connectivity index (χ0n) is 15.2. The lowest BCUT2D eigenvalue weighted by Gasteiger charge is -2.23. The highest BCUT2D eigenvalue weighted by molar-refractivity contribution is 7.92. The summed E-state index contributed by atoms with van der Waals surface area (Å²) in [6, 6.07) is 9.77. The quantitative estimate of drug-likeness (QED) is 0.810. The average molecular weight is 390 g/mol. The SMILES string of the molecule is Cc1ccc(S(=O)(=O)Nc2cccc(F)c2)cc1C(=O)NC1CCCCC1. The molecule has 0 spiro atoms. The van der Waals surface area contributed by atoms with Crippen molar-refractivity contribution in [2.75, 3.05) is 4.72 Å². The van der Waals surface area contributed by atoms with Gasteiger partial charge < -0.3 is 5.32 Å². The van der Waals surface area contributed by atoms with Crippen LogP contribution in [0.5, 0.6) is 0 Å². The number of hydrogen-bond acceptors (Lipinski definition) is 3. The first-order chi connectivity index (χ1) is 12.8. The van der Waals surface area contributed by atoms with Crippen LogP contribution < -0.4 is 10.0 Å². The van der Waals surface area contributed by atoms with Crippen LogP contribution in [-0.4, -0.2) is 20.4 Å². The second-order valence-electron chi connectivity index (χ2n) is 6.90. The topological polar surface area (TPSA) is 75.3 Å². The molecule has 0 atom stereocenters. The highest BCUT2D eigenvalue weighted by Crippen LogP contribution is 2.22. The Morgan fingerprint density at radius 2 is 1.81 bits per heavy atom. The van der Waals surface area contributed by atoms with E-state index in [4.69, 9.17) is 0 Å². The number of benzene rings is 2. The highest BCUT2D eigenvalue weighted by Gasteiger charge is 2.21. The van der Waals surface area contributed by atoms with Crippen LogP contribution in [0.15, 0.2) is 47.4 Å². The summed E-state index contributed by atoms with van der Waals surface area (Å²) in [5.74, 6) is -0.797. The van der Waals surface area contributed by atoms with Gasteiger partial charge in [0.05, 0.1) is 10.6 Å². The van der Waals surface area contributed by atoms with Crippen molar-refractivity contribution in [3.63, 3.8) is 0 Å². The number of anilines is 1. The van der Waals surface area contributed by atoms with Crippen LogP contribution in [0.25, 0.3) is 0 Å². The standard InChI is InChI=1S/C20H23FN2O3S/c1-14-10-11-18(27(25,26)23-17-9-5-6-15(21)12-17)13-19(14)20(24)22-16-7-3-2-4-8-16/h5-6,9-13,16,23H,2-4,7-8H2,1H3,(H,22,24). The number of hydrogen-bond donors (Lipinski definition) is 2. The average Bonchev–Trinajstić information content (AvgIpc) is 2.62. The van der Waals surface area contributed by atoms with Crippen LogP contribution in [0.4, 0.5) is 10.1 Å². The summed E-state index contributed by atoms with van der Waals surface area (Å²) in [4.78, 5) is 12.6. The fraction of sp³-hybridized carbons (Fsp3) is 0.350. The van der Waals surface area contributed by atoms with Gasteiger partial charge in [-0.3, -0.25) is 9.52 Å². The normalized spacial score (nSPS) is 15.3. The third kappa shape index (κ3) is 4.86. The molecular weight excluding hydrogens is 367 g/mol. The van der Waals surface area contributed by atoms with E-state index in [0.717, 1.165) is 31.7 Å². The fourth-order valence-electron chi connectivity index (χ4n) is 3.29. The number of aryl methyl sites for hydroxylation is 1. The number of nitrogens with one attached hydrogen (secondary N) is 2. The summed E-state index contributed by atoms with van der Waals surface area (Å²) in [5.41, 5.74) is 1.17. The first-order valence-corrected chi connectivity index (χ1v) is 10.5. The molecule has 0 aliphatic heterocycles. The minimum atomic E-state index is -3.93. The van der Waals surface area contributed by atoms with E-state index < -0.39 is 15.8 Å². The van der Waals surface area contributed by atoms with Crippen LogP contribution in [-0.2, 0) is 10.0 Å². The predicted octanol–water partition coefficient (Wildman–Crippen LogP) is 4.00. The highest BCUT2D eigenvalue weighted by atomic mass is 32.2. The second-order valence-corrected chi connectivity index (χ2v) is 8.58. The van der Waals surface area contributed by atoms with E-state index in [9.17, 15) is 17.6 Å². The molecule has 1 saturated carbocycles. The Bertz CT molecular complexity index is 938. The smallest absolute Gasteiger partial charge is 0.261 e. The van der Waals surface area contributed by atoms with Gasteiger partial charge in [0.1, 0.15) is 5.82 Å². The molecule has 0 radical (unpaired) electrons. The van der Waals surface area contributed by atoms with Gasteiger partial charge in [0.2, 0.25) is 0 Å². The Labute approximate surface area is 159 Å². The molecule has 0 bridgehead atoms. The minimum absolute atomic E-state index is 0.0360. The summed E-state index contributed by atoms with van der Waals surface area (Å²) < 4.78 is 40.9. The lowest BCUT2D eigenvalue weighted by molar-refractivity contribution is 0.0927. The number of sulfonamides is 1. The molecule has 7 heteroatoms. The molecule has 0 unspecified atom stereocenters. The molecule has 2 N–H and O–H groups in total. The molecule has 0 aromatic heterocycles. The summed E-state index contributed by atoms with van der Waals surface area (Å²) in [6.45, 7) is 1.77. The lowest BCUT2D eigenvalue weighted by Crippen LogP contribution is -2.36. The van der Waals surface area contributed by atoms with Gasteiger partial charge in [-0.25, -0.2) is 12.8 Å². The minimum Gasteiger partial charge on any atom is -0.349 e. The Balaban J connectivity index is 1.82. The molecule has 2 aromatic rings.